The van der Waals surface area contributed by atoms with Crippen LogP contribution >= 0.6 is 11.6 Å². The Morgan fingerprint density at radius 2 is 2.11 bits per heavy atom. The summed E-state index contributed by atoms with van der Waals surface area (Å²) in [5.41, 5.74) is 0. The van der Waals surface area contributed by atoms with Gasteiger partial charge in [0.15, 0.2) is 0 Å². The monoisotopic (exact) mass is 146 g/mol. The highest BCUT2D eigenvalue weighted by Crippen LogP contribution is 2.38. The molecule has 0 amide bonds. The molecule has 2 atom stereocenters. The van der Waals surface area contributed by atoms with Crippen LogP contribution in [-0.4, -0.2) is 4.87 Å². The number of alkyl halides is 1. The van der Waals surface area contributed by atoms with Gasteiger partial charge in [0.05, 0.1) is 0 Å². The molecule has 0 bridgehead atoms. The van der Waals surface area contributed by atoms with E-state index in [-0.39, 0.29) is 4.87 Å². The number of rotatable bonds is 0. The fourth-order valence-electron chi connectivity index (χ4n) is 1.47. The topological polar surface area (TPSA) is 0 Å². The third kappa shape index (κ3) is 1.61. The molecule has 54 valence electrons. The molecular weight excluding hydrogens is 132 g/mol. The van der Waals surface area contributed by atoms with E-state index in [9.17, 15) is 0 Å². The van der Waals surface area contributed by atoms with Crippen LogP contribution in [-0.2, 0) is 0 Å². The van der Waals surface area contributed by atoms with Crippen LogP contribution in [0.5, 0.6) is 0 Å². The van der Waals surface area contributed by atoms with Crippen LogP contribution < -0.4 is 0 Å². The van der Waals surface area contributed by atoms with Crippen molar-refractivity contribution < 1.29 is 0 Å². The zero-order valence-electron chi connectivity index (χ0n) is 6.28. The fraction of sp³-hybridized carbons (Fsp3) is 1.00. The Bertz CT molecular complexity index is 96.7. The van der Waals surface area contributed by atoms with Crippen molar-refractivity contribution in [2.75, 3.05) is 0 Å². The molecule has 0 aromatic rings. The highest BCUT2D eigenvalue weighted by molar-refractivity contribution is 6.23. The van der Waals surface area contributed by atoms with E-state index in [1.54, 1.807) is 0 Å². The predicted molar refractivity (Wildman–Crippen MR) is 41.9 cm³/mol. The Hall–Kier alpha value is 0.290. The van der Waals surface area contributed by atoms with Crippen molar-refractivity contribution in [3.05, 3.63) is 0 Å². The van der Waals surface area contributed by atoms with E-state index < -0.39 is 0 Å². The van der Waals surface area contributed by atoms with E-state index in [4.69, 9.17) is 11.6 Å². The summed E-state index contributed by atoms with van der Waals surface area (Å²) < 4.78 is 0. The summed E-state index contributed by atoms with van der Waals surface area (Å²) in [5, 5.41) is 0. The molecule has 1 rings (SSSR count). The Morgan fingerprint density at radius 3 is 2.44 bits per heavy atom. The highest BCUT2D eigenvalue weighted by atomic mass is 35.5. The minimum atomic E-state index is 0.109. The average Bonchev–Trinajstić information content (AvgIpc) is 1.77. The van der Waals surface area contributed by atoms with Crippen LogP contribution in [0, 0.1) is 5.92 Å². The van der Waals surface area contributed by atoms with Gasteiger partial charge in [-0.3, -0.25) is 0 Å². The second-order valence-corrected chi connectivity index (χ2v) is 4.29. The number of hydrogen-bond donors (Lipinski definition) is 0. The van der Waals surface area contributed by atoms with Crippen molar-refractivity contribution in [3.63, 3.8) is 0 Å². The highest BCUT2D eigenvalue weighted by Gasteiger charge is 2.30. The summed E-state index contributed by atoms with van der Waals surface area (Å²) >= 11 is 6.22. The summed E-state index contributed by atoms with van der Waals surface area (Å²) in [6.07, 6.45) is 5.23. The van der Waals surface area contributed by atoms with Crippen LogP contribution in [0.4, 0.5) is 0 Å². The molecule has 0 nitrogen and oxygen atoms in total. The quantitative estimate of drug-likeness (QED) is 0.461. The Kier molecular flexibility index (Phi) is 2.05. The second-order valence-electron chi connectivity index (χ2n) is 3.42. The van der Waals surface area contributed by atoms with Crippen LogP contribution in [0.3, 0.4) is 0 Å². The first-order valence-corrected chi connectivity index (χ1v) is 4.19. The molecule has 0 heterocycles. The molecule has 0 aliphatic heterocycles. The van der Waals surface area contributed by atoms with Gasteiger partial charge in [-0.15, -0.1) is 11.6 Å². The molecule has 0 spiro atoms. The van der Waals surface area contributed by atoms with Gasteiger partial charge in [-0.25, -0.2) is 0 Å². The van der Waals surface area contributed by atoms with Gasteiger partial charge in [0.1, 0.15) is 0 Å². The molecule has 0 unspecified atom stereocenters. The SMILES string of the molecule is C[C@H]1CCCC[C@@]1(C)Cl. The lowest BCUT2D eigenvalue weighted by Gasteiger charge is -2.33. The molecule has 0 saturated heterocycles. The maximum atomic E-state index is 6.22. The van der Waals surface area contributed by atoms with Gasteiger partial charge in [0.2, 0.25) is 0 Å². The van der Waals surface area contributed by atoms with Gasteiger partial charge in [0, 0.05) is 4.87 Å². The minimum absolute atomic E-state index is 0.109. The van der Waals surface area contributed by atoms with Gasteiger partial charge in [-0.05, 0) is 25.7 Å². The Labute approximate surface area is 62.6 Å². The van der Waals surface area contributed by atoms with Crippen molar-refractivity contribution in [2.45, 2.75) is 44.4 Å². The van der Waals surface area contributed by atoms with Crippen molar-refractivity contribution in [3.8, 4) is 0 Å². The number of hydrogen-bond acceptors (Lipinski definition) is 0. The van der Waals surface area contributed by atoms with Gasteiger partial charge in [0.25, 0.3) is 0 Å². The average molecular weight is 147 g/mol. The molecule has 1 saturated carbocycles. The first-order chi connectivity index (χ1) is 4.13. The van der Waals surface area contributed by atoms with Gasteiger partial charge in [-0.1, -0.05) is 19.8 Å². The summed E-state index contributed by atoms with van der Waals surface area (Å²) in [7, 11) is 0. The van der Waals surface area contributed by atoms with Gasteiger partial charge >= 0.3 is 0 Å². The van der Waals surface area contributed by atoms with E-state index in [0.717, 1.165) is 0 Å². The smallest absolute Gasteiger partial charge is 0.0444 e. The molecule has 1 fully saturated rings. The van der Waals surface area contributed by atoms with E-state index in [1.807, 2.05) is 0 Å². The lowest BCUT2D eigenvalue weighted by atomic mass is 9.81. The largest absolute Gasteiger partial charge is 0.119 e. The second kappa shape index (κ2) is 2.49. The molecule has 1 heteroatoms. The van der Waals surface area contributed by atoms with Crippen LogP contribution in [0.25, 0.3) is 0 Å². The molecule has 0 N–H and O–H groups in total. The van der Waals surface area contributed by atoms with Crippen LogP contribution in [0.15, 0.2) is 0 Å². The van der Waals surface area contributed by atoms with Crippen molar-refractivity contribution >= 4 is 11.6 Å². The van der Waals surface area contributed by atoms with Gasteiger partial charge < -0.3 is 0 Å². The molecular formula is C8H15Cl. The molecule has 0 aromatic heterocycles. The first kappa shape index (κ1) is 7.40. The van der Waals surface area contributed by atoms with Gasteiger partial charge in [-0.2, -0.15) is 0 Å². The Balaban J connectivity index is 2.49. The lowest BCUT2D eigenvalue weighted by Crippen LogP contribution is -2.29. The van der Waals surface area contributed by atoms with E-state index >= 15 is 0 Å². The summed E-state index contributed by atoms with van der Waals surface area (Å²) in [6.45, 7) is 4.42. The van der Waals surface area contributed by atoms with E-state index in [1.165, 1.54) is 25.7 Å². The summed E-state index contributed by atoms with van der Waals surface area (Å²) in [6, 6.07) is 0. The molecule has 0 aromatic carbocycles. The maximum absolute atomic E-state index is 6.22. The molecule has 9 heavy (non-hydrogen) atoms. The normalized spacial score (nSPS) is 45.0. The van der Waals surface area contributed by atoms with Crippen LogP contribution in [0.1, 0.15) is 39.5 Å². The molecule has 1 aliphatic rings. The molecule has 1 aliphatic carbocycles. The summed E-state index contributed by atoms with van der Waals surface area (Å²) in [4.78, 5) is 0.109. The van der Waals surface area contributed by atoms with Crippen molar-refractivity contribution in [2.24, 2.45) is 5.92 Å². The van der Waals surface area contributed by atoms with Crippen molar-refractivity contribution in [1.82, 2.24) is 0 Å². The lowest BCUT2D eigenvalue weighted by molar-refractivity contribution is 0.305. The number of halogens is 1. The maximum Gasteiger partial charge on any atom is 0.0444 e. The zero-order chi connectivity index (χ0) is 6.91. The van der Waals surface area contributed by atoms with Crippen molar-refractivity contribution in [1.29, 1.82) is 0 Å². The third-order valence-corrected chi connectivity index (χ3v) is 3.14. The minimum Gasteiger partial charge on any atom is -0.119 e. The van der Waals surface area contributed by atoms with Crippen LogP contribution in [0.2, 0.25) is 0 Å². The predicted octanol–water partition coefficient (Wildman–Crippen LogP) is 3.19. The fourth-order valence-corrected chi connectivity index (χ4v) is 1.71. The first-order valence-electron chi connectivity index (χ1n) is 3.82. The van der Waals surface area contributed by atoms with E-state index in [0.29, 0.717) is 5.92 Å². The Morgan fingerprint density at radius 1 is 1.44 bits per heavy atom. The standard InChI is InChI=1S/C8H15Cl/c1-7-5-3-4-6-8(7,2)9/h7H,3-6H2,1-2H3/t7-,8+/m0/s1. The summed E-state index contributed by atoms with van der Waals surface area (Å²) in [5.74, 6) is 0.716. The molecule has 0 radical (unpaired) electrons. The van der Waals surface area contributed by atoms with E-state index in [2.05, 4.69) is 13.8 Å². The zero-order valence-corrected chi connectivity index (χ0v) is 7.04. The third-order valence-electron chi connectivity index (χ3n) is 2.58.